The fourth-order valence-electron chi connectivity index (χ4n) is 2.60. The molecule has 0 radical (unpaired) electrons. The van der Waals surface area contributed by atoms with Gasteiger partial charge in [-0.1, -0.05) is 24.6 Å². The van der Waals surface area contributed by atoms with Crippen LogP contribution in [0.1, 0.15) is 24.8 Å². The molecule has 2 atom stereocenters. The van der Waals surface area contributed by atoms with Crippen molar-refractivity contribution in [2.24, 2.45) is 11.7 Å². The van der Waals surface area contributed by atoms with E-state index in [0.717, 1.165) is 30.5 Å². The van der Waals surface area contributed by atoms with Crippen molar-refractivity contribution in [3.8, 4) is 0 Å². The number of para-hydroxylation sites is 1. The maximum atomic E-state index is 12.4. The summed E-state index contributed by atoms with van der Waals surface area (Å²) in [6.07, 6.45) is 2.97. The van der Waals surface area contributed by atoms with E-state index >= 15 is 0 Å². The van der Waals surface area contributed by atoms with Gasteiger partial charge in [0.25, 0.3) is 0 Å². The van der Waals surface area contributed by atoms with E-state index in [-0.39, 0.29) is 17.9 Å². The van der Waals surface area contributed by atoms with Crippen molar-refractivity contribution in [3.05, 3.63) is 29.8 Å². The van der Waals surface area contributed by atoms with Crippen molar-refractivity contribution in [2.75, 3.05) is 11.9 Å². The van der Waals surface area contributed by atoms with Crippen molar-refractivity contribution in [3.63, 3.8) is 0 Å². The first-order chi connectivity index (χ1) is 8.11. The minimum Gasteiger partial charge on any atom is -0.327 e. The lowest BCUT2D eigenvalue weighted by Gasteiger charge is -2.24. The minimum absolute atomic E-state index is 0.000365. The summed E-state index contributed by atoms with van der Waals surface area (Å²) >= 11 is 0. The van der Waals surface area contributed by atoms with Crippen LogP contribution >= 0.6 is 0 Å². The predicted octanol–water partition coefficient (Wildman–Crippen LogP) is 2.09. The largest absolute Gasteiger partial charge is 0.327 e. The molecule has 1 amide bonds. The molecule has 1 fully saturated rings. The van der Waals surface area contributed by atoms with Crippen LogP contribution in [0.5, 0.6) is 0 Å². The maximum absolute atomic E-state index is 12.4. The number of aryl methyl sites for hydroxylation is 1. The lowest BCUT2D eigenvalue weighted by Crippen LogP contribution is -2.40. The first kappa shape index (κ1) is 12.1. The molecule has 92 valence electrons. The van der Waals surface area contributed by atoms with Crippen LogP contribution in [0, 0.1) is 12.8 Å². The molecule has 2 rings (SSSR count). The van der Waals surface area contributed by atoms with Crippen LogP contribution in [-0.2, 0) is 4.79 Å². The standard InChI is InChI=1S/C14H20N2O/c1-10-6-3-4-9-13(10)16(2)14(17)11-7-5-8-12(11)15/h3-4,6,9,11-12H,5,7-8,15H2,1-2H3. The zero-order valence-corrected chi connectivity index (χ0v) is 10.5. The second kappa shape index (κ2) is 4.88. The molecule has 2 N–H and O–H groups in total. The molecule has 1 aromatic rings. The third kappa shape index (κ3) is 2.34. The molecular formula is C14H20N2O. The van der Waals surface area contributed by atoms with Crippen molar-refractivity contribution in [1.29, 1.82) is 0 Å². The van der Waals surface area contributed by atoms with E-state index in [1.807, 2.05) is 38.2 Å². The molecule has 0 saturated heterocycles. The number of amides is 1. The normalized spacial score (nSPS) is 23.7. The van der Waals surface area contributed by atoms with Crippen LogP contribution < -0.4 is 10.6 Å². The Hall–Kier alpha value is -1.35. The molecule has 1 aliphatic rings. The average molecular weight is 232 g/mol. The Morgan fingerprint density at radius 3 is 2.65 bits per heavy atom. The number of anilines is 1. The summed E-state index contributed by atoms with van der Waals surface area (Å²) in [6, 6.07) is 7.98. The fourth-order valence-corrected chi connectivity index (χ4v) is 2.60. The van der Waals surface area contributed by atoms with Gasteiger partial charge in [0, 0.05) is 18.8 Å². The minimum atomic E-state index is -0.000365. The number of hydrogen-bond acceptors (Lipinski definition) is 2. The highest BCUT2D eigenvalue weighted by Gasteiger charge is 2.32. The van der Waals surface area contributed by atoms with E-state index in [1.165, 1.54) is 0 Å². The molecule has 2 unspecified atom stereocenters. The first-order valence-electron chi connectivity index (χ1n) is 6.20. The van der Waals surface area contributed by atoms with Crippen molar-refractivity contribution in [2.45, 2.75) is 32.2 Å². The van der Waals surface area contributed by atoms with Gasteiger partial charge in [-0.3, -0.25) is 4.79 Å². The SMILES string of the molecule is Cc1ccccc1N(C)C(=O)C1CCCC1N. The molecule has 1 aromatic carbocycles. The summed E-state index contributed by atoms with van der Waals surface area (Å²) in [5.74, 6) is 0.156. The second-order valence-electron chi connectivity index (χ2n) is 4.88. The number of hydrogen-bond donors (Lipinski definition) is 1. The number of rotatable bonds is 2. The van der Waals surface area contributed by atoms with Crippen LogP contribution in [0.4, 0.5) is 5.69 Å². The van der Waals surface area contributed by atoms with Crippen LogP contribution in [-0.4, -0.2) is 19.0 Å². The highest BCUT2D eigenvalue weighted by atomic mass is 16.2. The van der Waals surface area contributed by atoms with E-state index in [4.69, 9.17) is 5.73 Å². The van der Waals surface area contributed by atoms with Crippen molar-refractivity contribution < 1.29 is 4.79 Å². The molecule has 1 aliphatic carbocycles. The molecule has 1 saturated carbocycles. The van der Waals surface area contributed by atoms with Gasteiger partial charge >= 0.3 is 0 Å². The molecule has 0 aromatic heterocycles. The van der Waals surface area contributed by atoms with Crippen molar-refractivity contribution >= 4 is 11.6 Å². The van der Waals surface area contributed by atoms with Gasteiger partial charge in [-0.25, -0.2) is 0 Å². The summed E-state index contributed by atoms with van der Waals surface area (Å²) < 4.78 is 0. The highest BCUT2D eigenvalue weighted by molar-refractivity contribution is 5.95. The molecule has 3 nitrogen and oxygen atoms in total. The van der Waals surface area contributed by atoms with Crippen LogP contribution in [0.15, 0.2) is 24.3 Å². The Labute approximate surface area is 103 Å². The number of carbonyl (C=O) groups excluding carboxylic acids is 1. The van der Waals surface area contributed by atoms with Crippen molar-refractivity contribution in [1.82, 2.24) is 0 Å². The first-order valence-corrected chi connectivity index (χ1v) is 6.20. The topological polar surface area (TPSA) is 46.3 Å². The van der Waals surface area contributed by atoms with Gasteiger partial charge in [0.1, 0.15) is 0 Å². The van der Waals surface area contributed by atoms with Gasteiger partial charge in [-0.2, -0.15) is 0 Å². The predicted molar refractivity (Wildman–Crippen MR) is 69.9 cm³/mol. The van der Waals surface area contributed by atoms with E-state index in [2.05, 4.69) is 0 Å². The van der Waals surface area contributed by atoms with E-state index in [9.17, 15) is 4.79 Å². The Bertz CT molecular complexity index is 416. The van der Waals surface area contributed by atoms with E-state index < -0.39 is 0 Å². The lowest BCUT2D eigenvalue weighted by atomic mass is 10.0. The third-order valence-electron chi connectivity index (χ3n) is 3.69. The van der Waals surface area contributed by atoms with Gasteiger partial charge in [-0.05, 0) is 31.4 Å². The maximum Gasteiger partial charge on any atom is 0.231 e. The van der Waals surface area contributed by atoms with Crippen LogP contribution in [0.3, 0.4) is 0 Å². The Balaban J connectivity index is 2.17. The Morgan fingerprint density at radius 1 is 1.35 bits per heavy atom. The number of carbonyl (C=O) groups is 1. The summed E-state index contributed by atoms with van der Waals surface area (Å²) in [7, 11) is 1.84. The molecule has 0 heterocycles. The lowest BCUT2D eigenvalue weighted by molar-refractivity contribution is -0.122. The van der Waals surface area contributed by atoms with Gasteiger partial charge in [-0.15, -0.1) is 0 Å². The van der Waals surface area contributed by atoms with Gasteiger partial charge in [0.2, 0.25) is 5.91 Å². The third-order valence-corrected chi connectivity index (χ3v) is 3.69. The molecule has 0 spiro atoms. The van der Waals surface area contributed by atoms with Gasteiger partial charge < -0.3 is 10.6 Å². The molecule has 0 aliphatic heterocycles. The molecule has 17 heavy (non-hydrogen) atoms. The smallest absolute Gasteiger partial charge is 0.231 e. The highest BCUT2D eigenvalue weighted by Crippen LogP contribution is 2.28. The summed E-state index contributed by atoms with van der Waals surface area (Å²) in [6.45, 7) is 2.02. The molecular weight excluding hydrogens is 212 g/mol. The molecule has 0 bridgehead atoms. The summed E-state index contributed by atoms with van der Waals surface area (Å²) in [4.78, 5) is 14.1. The number of nitrogens with two attached hydrogens (primary N) is 1. The quantitative estimate of drug-likeness (QED) is 0.848. The van der Waals surface area contributed by atoms with Gasteiger partial charge in [0.15, 0.2) is 0 Å². The number of nitrogens with zero attached hydrogens (tertiary/aromatic N) is 1. The Kier molecular flexibility index (Phi) is 3.48. The molecule has 3 heteroatoms. The monoisotopic (exact) mass is 232 g/mol. The Morgan fingerprint density at radius 2 is 2.06 bits per heavy atom. The zero-order chi connectivity index (χ0) is 12.4. The van der Waals surface area contributed by atoms with E-state index in [0.29, 0.717) is 0 Å². The zero-order valence-electron chi connectivity index (χ0n) is 10.5. The average Bonchev–Trinajstić information content (AvgIpc) is 2.74. The number of benzene rings is 1. The van der Waals surface area contributed by atoms with Crippen LogP contribution in [0.2, 0.25) is 0 Å². The van der Waals surface area contributed by atoms with Gasteiger partial charge in [0.05, 0.1) is 5.92 Å². The summed E-state index contributed by atoms with van der Waals surface area (Å²) in [5, 5.41) is 0. The summed E-state index contributed by atoms with van der Waals surface area (Å²) in [5.41, 5.74) is 8.09. The van der Waals surface area contributed by atoms with Crippen LogP contribution in [0.25, 0.3) is 0 Å². The fraction of sp³-hybridized carbons (Fsp3) is 0.500. The van der Waals surface area contributed by atoms with E-state index in [1.54, 1.807) is 4.90 Å². The second-order valence-corrected chi connectivity index (χ2v) is 4.88.